The monoisotopic (exact) mass is 1770 g/mol. The summed E-state index contributed by atoms with van der Waals surface area (Å²) < 4.78 is 174. The van der Waals surface area contributed by atoms with E-state index in [0.717, 1.165) is 16.7 Å². The molecule has 1 unspecified atom stereocenters. The fourth-order valence-electron chi connectivity index (χ4n) is 12.0. The van der Waals surface area contributed by atoms with Gasteiger partial charge in [-0.05, 0) is 188 Å². The molecule has 0 bridgehead atoms. The molecule has 0 aliphatic rings. The van der Waals surface area contributed by atoms with Gasteiger partial charge in [-0.2, -0.15) is 18.6 Å². The lowest BCUT2D eigenvalue weighted by Crippen LogP contribution is -2.32. The molecule has 3 aromatic heterocycles. The number of nitrogens with two attached hydrogens (primary N) is 1. The Morgan fingerprint density at radius 3 is 1.27 bits per heavy atom. The van der Waals surface area contributed by atoms with E-state index < -0.39 is 60.0 Å². The molecule has 0 saturated heterocycles. The highest BCUT2D eigenvalue weighted by molar-refractivity contribution is 14.0. The van der Waals surface area contributed by atoms with Crippen molar-refractivity contribution in [2.45, 2.75) is 104 Å². The minimum absolute atomic E-state index is 0.0232. The van der Waals surface area contributed by atoms with Crippen LogP contribution < -0.4 is 33.6 Å². The van der Waals surface area contributed by atoms with Crippen LogP contribution in [0.1, 0.15) is 69.5 Å². The first-order valence-corrected chi connectivity index (χ1v) is 42.0. The van der Waals surface area contributed by atoms with Crippen LogP contribution in [0.5, 0.6) is 34.5 Å². The second-order valence-corrected chi connectivity index (χ2v) is 33.6. The fourth-order valence-corrected chi connectivity index (χ4v) is 19.1. The maximum Gasteiger partial charge on any atom is 0.262 e. The molecule has 9 aromatic carbocycles. The average Bonchev–Trinajstić information content (AvgIpc) is 1.11. The van der Waals surface area contributed by atoms with Crippen LogP contribution in [-0.4, -0.2) is 155 Å². The molecule has 0 aliphatic carbocycles. The van der Waals surface area contributed by atoms with Gasteiger partial charge in [-0.15, -0.1) is 49.3 Å². The van der Waals surface area contributed by atoms with Crippen LogP contribution in [0.3, 0.4) is 0 Å². The number of tetrazole rings is 3. The molecule has 0 fully saturated rings. The molecule has 0 saturated carbocycles. The number of aromatic amines is 1. The third kappa shape index (κ3) is 21.2. The van der Waals surface area contributed by atoms with Crippen molar-refractivity contribution in [1.29, 1.82) is 0.594 Å². The largest absolute Gasteiger partial charge is 0.497 e. The van der Waals surface area contributed by atoms with Gasteiger partial charge >= 0.3 is 0 Å². The number of aryl methyl sites for hydroxylation is 4. The maximum absolute atomic E-state index is 15.0. The predicted molar refractivity (Wildman–Crippen MR) is 432 cm³/mol. The van der Waals surface area contributed by atoms with Crippen molar-refractivity contribution in [1.82, 2.24) is 69.6 Å². The number of halogens is 2. The Balaban J connectivity index is 0.000000213. The number of H-pyrrole nitrogens is 1. The molecular formula is C75H81ClIN15O16S5. The topological polar surface area (TPSA) is 403 Å². The van der Waals surface area contributed by atoms with Gasteiger partial charge in [0.25, 0.3) is 9.05 Å². The molecule has 4 N–H and O–H groups in total. The van der Waals surface area contributed by atoms with Gasteiger partial charge in [0, 0.05) is 53.6 Å². The van der Waals surface area contributed by atoms with Crippen LogP contribution in [0.15, 0.2) is 206 Å². The van der Waals surface area contributed by atoms with E-state index in [1.807, 2.05) is 50.2 Å². The summed E-state index contributed by atoms with van der Waals surface area (Å²) in [5, 5.41) is 43.7. The summed E-state index contributed by atoms with van der Waals surface area (Å²) in [6.45, 7) is 7.25. The summed E-state index contributed by atoms with van der Waals surface area (Å²) in [7, 11) is -2.26. The van der Waals surface area contributed by atoms with Gasteiger partial charge in [-0.3, -0.25) is 0 Å². The highest BCUT2D eigenvalue weighted by Crippen LogP contribution is 2.41. The van der Waals surface area contributed by atoms with E-state index in [0.29, 0.717) is 91.8 Å². The lowest BCUT2D eigenvalue weighted by molar-refractivity contribution is 0.396. The minimum Gasteiger partial charge on any atom is -0.497 e. The second kappa shape index (κ2) is 38.6. The van der Waals surface area contributed by atoms with Crippen molar-refractivity contribution in [2.24, 2.45) is 5.14 Å². The molecule has 0 spiro atoms. The van der Waals surface area contributed by atoms with E-state index >= 15 is 8.42 Å². The van der Waals surface area contributed by atoms with Crippen molar-refractivity contribution >= 4 is 84.7 Å². The Labute approximate surface area is 679 Å². The van der Waals surface area contributed by atoms with Gasteiger partial charge in [-0.1, -0.05) is 111 Å². The number of ether oxygens (including phenoxy) is 6. The summed E-state index contributed by atoms with van der Waals surface area (Å²) in [6, 6.07) is 51.7. The molecule has 113 heavy (non-hydrogen) atoms. The highest BCUT2D eigenvalue weighted by Gasteiger charge is 2.39. The van der Waals surface area contributed by atoms with Crippen molar-refractivity contribution < 1.29 is 70.9 Å². The average molecular weight is 1770 g/mol. The first-order valence-electron chi connectivity index (χ1n) is 34.5. The van der Waals surface area contributed by atoms with E-state index in [-0.39, 0.29) is 82.6 Å². The SMILES string of the molecule is CCc1ccc(S(=O)(=O)Cl)c(S(=O)(=O)N(Cc2ccc(OC)cc2)Cc2ccc(OC)cc2)c1-c1nnnn1Cc1ccc(OC)cc1.CCc1ccc(S(=O)O)c(S(=O)(=O)N(Cc2ccc(OC)cc2)Cc2ccc(OC)cc2)c1-c1nnn(Cc2ccc(OC)cc2)n1.Cc1ccc(C)c(S(N)(=O)=O)c1-c1nn[nH]n1.[2H]I. The second-order valence-electron chi connectivity index (χ2n) is 24.9. The number of hydrogen-bond acceptors (Lipinski definition) is 24. The zero-order valence-corrected chi connectivity index (χ0v) is 69.7. The van der Waals surface area contributed by atoms with Gasteiger partial charge in [0.2, 0.25) is 41.7 Å². The number of sulfonamides is 3. The van der Waals surface area contributed by atoms with E-state index in [4.69, 9.17) is 44.8 Å². The first-order chi connectivity index (χ1) is 54.5. The zero-order valence-electron chi connectivity index (χ0n) is 63.7. The van der Waals surface area contributed by atoms with Crippen molar-refractivity contribution in [3.8, 4) is 68.7 Å². The summed E-state index contributed by atoms with van der Waals surface area (Å²) in [5.74, 6) is 4.11. The Hall–Kier alpha value is -10.2. The van der Waals surface area contributed by atoms with Crippen LogP contribution in [0.25, 0.3) is 34.2 Å². The Morgan fingerprint density at radius 2 is 0.885 bits per heavy atom. The molecule has 596 valence electrons. The number of hydrogen-bond donors (Lipinski definition) is 3. The number of methoxy groups -OCH3 is 6. The third-order valence-corrected chi connectivity index (χ3v) is 24.9. The Kier molecular flexibility index (Phi) is 29.1. The van der Waals surface area contributed by atoms with Crippen LogP contribution in [0.4, 0.5) is 0 Å². The molecular weight excluding hydrogens is 1690 g/mol. The van der Waals surface area contributed by atoms with Gasteiger partial charge in [-0.25, -0.2) is 47.7 Å². The molecule has 38 heteroatoms. The first kappa shape index (κ1) is 85.2. The van der Waals surface area contributed by atoms with Crippen molar-refractivity contribution in [3.63, 3.8) is 0 Å². The number of nitrogens with one attached hydrogen (secondary N) is 1. The number of benzene rings is 9. The quantitative estimate of drug-likeness (QED) is 0.0214. The number of aromatic nitrogens is 12. The van der Waals surface area contributed by atoms with Crippen LogP contribution in [0, 0.1) is 13.8 Å². The lowest BCUT2D eigenvalue weighted by Gasteiger charge is -2.26. The summed E-state index contributed by atoms with van der Waals surface area (Å²) in [6.07, 6.45) is 0.743. The van der Waals surface area contributed by atoms with Crippen molar-refractivity contribution in [2.75, 3.05) is 42.7 Å². The van der Waals surface area contributed by atoms with E-state index in [1.165, 1.54) is 74.3 Å². The number of primary sulfonamides is 1. The van der Waals surface area contributed by atoms with E-state index in [2.05, 4.69) is 51.6 Å². The molecule has 0 aliphatic heterocycles. The molecule has 12 aromatic rings. The third-order valence-electron chi connectivity index (χ3n) is 17.7. The Bertz CT molecular complexity index is 5660. The standard InChI is InChI=1S/C33H34ClN5O7S2.C33H35N5O7S2.C9H11N5O2S.HI/c1-5-26-12-19-30(47(34,40)41)32(31(26)33-35-36-37-39(33)22-25-10-17-29(46-4)18-11-25)48(42,43)38(20-23-6-13-27(44-2)14-7-23)21-24-8-15-28(45-3)16-9-24;1-5-26-12-19-30(46(39)40)32(31(26)33-34-36-38(35-33)22-25-10-17-29(45-4)18-11-25)47(41,42)37(20-23-6-13-27(43-2)14-7-23)21-24-8-15-28(44-3)16-9-24;1-5-3-4-6(2)8(17(10,15)16)7(5)9-11-13-14-12-9;/h6-19H,5,20-22H2,1-4H3;6-19H,5,20-22H2,1-4H3,(H,39,40);3-4H,1-2H3,(H2,10,15,16)(H,11,12,13,14);1H/i/hD. The number of rotatable bonds is 30. The Morgan fingerprint density at radius 1 is 0.487 bits per heavy atom. The van der Waals surface area contributed by atoms with Gasteiger partial charge in [0.05, 0.1) is 65.5 Å². The summed E-state index contributed by atoms with van der Waals surface area (Å²) >= 11 is -1.26. The summed E-state index contributed by atoms with van der Waals surface area (Å²) in [4.78, 5) is -0.322. The summed E-state index contributed by atoms with van der Waals surface area (Å²) in [5.41, 5.74) is 7.25. The number of nitrogens with zero attached hydrogens (tertiary/aromatic N) is 13. The van der Waals surface area contributed by atoms with Crippen LogP contribution >= 0.6 is 34.5 Å². The van der Waals surface area contributed by atoms with Crippen LogP contribution in [0.2, 0.25) is 0 Å². The van der Waals surface area contributed by atoms with Gasteiger partial charge in [0.1, 0.15) is 49.8 Å². The molecule has 0 radical (unpaired) electrons. The fraction of sp³-hybridized carbons (Fsp3) is 0.240. The molecule has 12 rings (SSSR count). The normalized spacial score (nSPS) is 11.9. The molecule has 0 amide bonds. The van der Waals surface area contributed by atoms with Crippen molar-refractivity contribution in [3.05, 3.63) is 238 Å². The zero-order chi connectivity index (χ0) is 82.7. The van der Waals surface area contributed by atoms with Crippen LogP contribution in [-0.2, 0) is 102 Å². The maximum atomic E-state index is 15.0. The molecule has 1 atom stereocenters. The lowest BCUT2D eigenvalue weighted by atomic mass is 10.0. The van der Waals surface area contributed by atoms with Gasteiger partial charge < -0.3 is 33.0 Å². The smallest absolute Gasteiger partial charge is 0.262 e. The van der Waals surface area contributed by atoms with E-state index in [1.54, 1.807) is 170 Å². The minimum atomic E-state index is -4.65. The van der Waals surface area contributed by atoms with E-state index in [9.17, 15) is 34.0 Å². The molecule has 3 heterocycles. The molecule has 31 nitrogen and oxygen atoms in total. The highest BCUT2D eigenvalue weighted by atomic mass is 127. The predicted octanol–water partition coefficient (Wildman–Crippen LogP) is 11.0. The van der Waals surface area contributed by atoms with Gasteiger partial charge in [0.15, 0.2) is 16.9 Å².